The van der Waals surface area contributed by atoms with E-state index in [2.05, 4.69) is 0 Å². The minimum absolute atomic E-state index is 0.0426. The molecule has 1 saturated heterocycles. The second kappa shape index (κ2) is 9.61. The molecule has 0 unspecified atom stereocenters. The number of hydrazine groups is 1. The Bertz CT molecular complexity index is 1090. The maximum Gasteiger partial charge on any atom is 0.273 e. The van der Waals surface area contributed by atoms with Gasteiger partial charge in [-0.15, -0.1) is 11.8 Å². The van der Waals surface area contributed by atoms with Crippen molar-refractivity contribution in [2.45, 2.75) is 16.2 Å². The second-order valence-corrected chi connectivity index (χ2v) is 9.91. The number of carbonyl (C=O) groups is 2. The summed E-state index contributed by atoms with van der Waals surface area (Å²) in [4.78, 5) is 26.7. The van der Waals surface area contributed by atoms with Gasteiger partial charge >= 0.3 is 0 Å². The summed E-state index contributed by atoms with van der Waals surface area (Å²) in [5.74, 6) is 0.548. The van der Waals surface area contributed by atoms with Gasteiger partial charge in [-0.2, -0.15) is 0 Å². The fourth-order valence-electron chi connectivity index (χ4n) is 3.31. The van der Waals surface area contributed by atoms with Gasteiger partial charge < -0.3 is 9.47 Å². The van der Waals surface area contributed by atoms with Crippen LogP contribution in [0.15, 0.2) is 52.3 Å². The quantitative estimate of drug-likeness (QED) is 0.581. The number of amides is 2. The molecule has 2 aromatic rings. The predicted octanol–water partition coefficient (Wildman–Crippen LogP) is 2.49. The number of carbonyl (C=O) groups excluding carboxylic acids is 2. The van der Waals surface area contributed by atoms with Crippen LogP contribution in [0.5, 0.6) is 11.5 Å². The molecule has 166 valence electrons. The highest BCUT2D eigenvalue weighted by atomic mass is 32.2. The predicted molar refractivity (Wildman–Crippen MR) is 117 cm³/mol. The highest BCUT2D eigenvalue weighted by Gasteiger charge is 2.33. The Morgan fingerprint density at radius 3 is 2.35 bits per heavy atom. The number of hydrogen-bond donors (Lipinski definition) is 0. The van der Waals surface area contributed by atoms with E-state index in [4.69, 9.17) is 9.47 Å². The smallest absolute Gasteiger partial charge is 0.273 e. The molecule has 0 N–H and O–H groups in total. The van der Waals surface area contributed by atoms with Gasteiger partial charge in [-0.3, -0.25) is 14.6 Å². The minimum atomic E-state index is -3.58. The molecule has 1 aliphatic heterocycles. The first-order valence-corrected chi connectivity index (χ1v) is 12.4. The maximum atomic E-state index is 13.1. The number of nitrogens with zero attached hydrogens (tertiary/aromatic N) is 2. The van der Waals surface area contributed by atoms with Gasteiger partial charge in [0.1, 0.15) is 0 Å². The molecule has 0 saturated carbocycles. The van der Waals surface area contributed by atoms with Crippen molar-refractivity contribution in [2.75, 3.05) is 39.3 Å². The Balaban J connectivity index is 1.74. The lowest BCUT2D eigenvalue weighted by atomic mass is 10.2. The third kappa shape index (κ3) is 5.13. The van der Waals surface area contributed by atoms with Crippen LogP contribution in [0.25, 0.3) is 0 Å². The third-order valence-electron chi connectivity index (χ3n) is 4.79. The van der Waals surface area contributed by atoms with Gasteiger partial charge in [0.15, 0.2) is 21.3 Å². The van der Waals surface area contributed by atoms with Crippen LogP contribution in [0.3, 0.4) is 0 Å². The van der Waals surface area contributed by atoms with Crippen molar-refractivity contribution in [3.8, 4) is 11.5 Å². The normalized spacial score (nSPS) is 13.9. The van der Waals surface area contributed by atoms with E-state index >= 15 is 0 Å². The lowest BCUT2D eigenvalue weighted by molar-refractivity contribution is -0.137. The fourth-order valence-corrected chi connectivity index (χ4v) is 4.99. The van der Waals surface area contributed by atoms with Crippen molar-refractivity contribution in [1.29, 1.82) is 0 Å². The van der Waals surface area contributed by atoms with Crippen LogP contribution in [0.2, 0.25) is 0 Å². The first kappa shape index (κ1) is 23.0. The van der Waals surface area contributed by atoms with Gasteiger partial charge in [-0.05, 0) is 36.8 Å². The van der Waals surface area contributed by atoms with Crippen molar-refractivity contribution < 1.29 is 27.5 Å². The van der Waals surface area contributed by atoms with Crippen LogP contribution >= 0.6 is 11.8 Å². The first-order valence-electron chi connectivity index (χ1n) is 9.52. The van der Waals surface area contributed by atoms with Crippen molar-refractivity contribution in [3.63, 3.8) is 0 Å². The van der Waals surface area contributed by atoms with E-state index in [1.54, 1.807) is 38.5 Å². The summed E-state index contributed by atoms with van der Waals surface area (Å²) < 4.78 is 34.6. The van der Waals surface area contributed by atoms with E-state index < -0.39 is 15.7 Å². The molecule has 3 rings (SSSR count). The van der Waals surface area contributed by atoms with Crippen LogP contribution in [-0.4, -0.2) is 69.6 Å². The second-order valence-electron chi connectivity index (χ2n) is 6.87. The monoisotopic (exact) mass is 464 g/mol. The molecule has 8 nitrogen and oxygen atoms in total. The number of methoxy groups -OCH3 is 2. The summed E-state index contributed by atoms with van der Waals surface area (Å²) in [7, 11) is -0.490. The summed E-state index contributed by atoms with van der Waals surface area (Å²) in [5, 5.41) is 2.73. The summed E-state index contributed by atoms with van der Waals surface area (Å²) in [6.07, 6.45) is 1.69. The van der Waals surface area contributed by atoms with Crippen molar-refractivity contribution in [3.05, 3.63) is 48.0 Å². The summed E-state index contributed by atoms with van der Waals surface area (Å²) in [5.41, 5.74) is 0.0669. The van der Waals surface area contributed by atoms with Gasteiger partial charge in [0, 0.05) is 24.2 Å². The van der Waals surface area contributed by atoms with Crippen LogP contribution in [0, 0.1) is 0 Å². The molecule has 2 aromatic carbocycles. The zero-order chi connectivity index (χ0) is 22.6. The Kier molecular flexibility index (Phi) is 7.11. The van der Waals surface area contributed by atoms with E-state index in [1.807, 2.05) is 6.07 Å². The summed E-state index contributed by atoms with van der Waals surface area (Å²) in [6.45, 7) is 0.752. The summed E-state index contributed by atoms with van der Waals surface area (Å²) >= 11 is 1.32. The molecule has 0 bridgehead atoms. The lowest BCUT2D eigenvalue weighted by Gasteiger charge is -2.28. The van der Waals surface area contributed by atoms with Gasteiger partial charge in [0.05, 0.1) is 30.4 Å². The molecule has 2 amide bonds. The number of benzene rings is 2. The molecule has 31 heavy (non-hydrogen) atoms. The van der Waals surface area contributed by atoms with Crippen molar-refractivity contribution in [2.24, 2.45) is 0 Å². The number of ether oxygens (including phenoxy) is 2. The average Bonchev–Trinajstić information content (AvgIpc) is 3.26. The first-order chi connectivity index (χ1) is 14.8. The van der Waals surface area contributed by atoms with E-state index in [0.29, 0.717) is 31.0 Å². The lowest BCUT2D eigenvalue weighted by Crippen LogP contribution is -2.45. The van der Waals surface area contributed by atoms with Crippen molar-refractivity contribution >= 4 is 33.4 Å². The largest absolute Gasteiger partial charge is 0.493 e. The topological polar surface area (TPSA) is 93.2 Å². The number of sulfone groups is 1. The highest BCUT2D eigenvalue weighted by molar-refractivity contribution is 8.00. The molecule has 0 aromatic heterocycles. The Morgan fingerprint density at radius 2 is 1.68 bits per heavy atom. The van der Waals surface area contributed by atoms with Gasteiger partial charge in [-0.1, -0.05) is 12.1 Å². The molecular formula is C21H24N2O6S2. The molecule has 0 aliphatic carbocycles. The molecule has 0 spiro atoms. The highest BCUT2D eigenvalue weighted by Crippen LogP contribution is 2.32. The Labute approximate surface area is 186 Å². The zero-order valence-corrected chi connectivity index (χ0v) is 19.2. The Hall–Kier alpha value is -2.72. The van der Waals surface area contributed by atoms with E-state index in [0.717, 1.165) is 11.2 Å². The van der Waals surface area contributed by atoms with Crippen LogP contribution < -0.4 is 9.47 Å². The average molecular weight is 465 g/mol. The van der Waals surface area contributed by atoms with E-state index in [9.17, 15) is 18.0 Å². The summed E-state index contributed by atoms with van der Waals surface area (Å²) in [6, 6.07) is 11.4. The molecule has 1 fully saturated rings. The van der Waals surface area contributed by atoms with Crippen LogP contribution in [0.1, 0.15) is 16.8 Å². The van der Waals surface area contributed by atoms with E-state index in [1.165, 1.54) is 33.9 Å². The van der Waals surface area contributed by atoms with Crippen LogP contribution in [0.4, 0.5) is 0 Å². The van der Waals surface area contributed by atoms with E-state index in [-0.39, 0.29) is 22.1 Å². The molecule has 0 radical (unpaired) electrons. The SMILES string of the molecule is COc1ccc(SCC(=O)N2CCCN2C(=O)c2ccccc2S(C)(=O)=O)cc1OC. The van der Waals surface area contributed by atoms with Gasteiger partial charge in [0.2, 0.25) is 0 Å². The molecule has 1 aliphatic rings. The van der Waals surface area contributed by atoms with Gasteiger partial charge in [-0.25, -0.2) is 13.4 Å². The number of hydrogen-bond acceptors (Lipinski definition) is 7. The molecule has 10 heteroatoms. The zero-order valence-electron chi connectivity index (χ0n) is 17.5. The van der Waals surface area contributed by atoms with Crippen molar-refractivity contribution in [1.82, 2.24) is 10.0 Å². The fraction of sp³-hybridized carbons (Fsp3) is 0.333. The minimum Gasteiger partial charge on any atom is -0.493 e. The molecular weight excluding hydrogens is 440 g/mol. The molecule has 0 atom stereocenters. The maximum absolute atomic E-state index is 13.1. The molecule has 1 heterocycles. The third-order valence-corrected chi connectivity index (χ3v) is 6.92. The Morgan fingerprint density at radius 1 is 1.00 bits per heavy atom. The standard InChI is InChI=1S/C21H24N2O6S2/c1-28-17-10-9-15(13-18(17)29-2)30-14-20(24)22-11-6-12-23(22)21(25)16-7-4-5-8-19(16)31(3,26)27/h4-5,7-10,13H,6,11-12,14H2,1-3H3. The van der Waals surface area contributed by atoms with Crippen LogP contribution in [-0.2, 0) is 14.6 Å². The van der Waals surface area contributed by atoms with Gasteiger partial charge in [0.25, 0.3) is 11.8 Å². The number of rotatable bonds is 7. The number of thioether (sulfide) groups is 1.